The second-order valence-corrected chi connectivity index (χ2v) is 7.20. The minimum atomic E-state index is -3.29. The lowest BCUT2D eigenvalue weighted by molar-refractivity contribution is 0.424. The Morgan fingerprint density at radius 1 is 1.30 bits per heavy atom. The standard InChI is InChI=1S/C15H24N2O2S/c1-2-7-13-8-3-4-10-15(13)17-20(18,19)12-14-9-5-6-11-16-14/h3-4,8,10,14,16-17H,2,5-7,9,11-12H2,1H3. The summed E-state index contributed by atoms with van der Waals surface area (Å²) >= 11 is 0. The molecule has 0 bridgehead atoms. The molecule has 1 heterocycles. The van der Waals surface area contributed by atoms with Gasteiger partial charge in [-0.05, 0) is 37.4 Å². The lowest BCUT2D eigenvalue weighted by Gasteiger charge is -2.23. The second-order valence-electron chi connectivity index (χ2n) is 5.44. The summed E-state index contributed by atoms with van der Waals surface area (Å²) in [4.78, 5) is 0. The largest absolute Gasteiger partial charge is 0.313 e. The molecule has 1 aromatic carbocycles. The van der Waals surface area contributed by atoms with Crippen molar-refractivity contribution >= 4 is 15.7 Å². The van der Waals surface area contributed by atoms with Gasteiger partial charge in [-0.15, -0.1) is 0 Å². The van der Waals surface area contributed by atoms with Gasteiger partial charge in [0, 0.05) is 6.04 Å². The van der Waals surface area contributed by atoms with Crippen LogP contribution in [0.3, 0.4) is 0 Å². The molecule has 0 spiro atoms. The first-order valence-electron chi connectivity index (χ1n) is 7.42. The summed E-state index contributed by atoms with van der Waals surface area (Å²) in [7, 11) is -3.29. The van der Waals surface area contributed by atoms with Crippen molar-refractivity contribution in [1.82, 2.24) is 5.32 Å². The molecule has 1 aromatic rings. The molecule has 20 heavy (non-hydrogen) atoms. The van der Waals surface area contributed by atoms with E-state index in [0.29, 0.717) is 0 Å². The van der Waals surface area contributed by atoms with Crippen molar-refractivity contribution in [2.75, 3.05) is 17.0 Å². The number of anilines is 1. The highest BCUT2D eigenvalue weighted by molar-refractivity contribution is 7.92. The van der Waals surface area contributed by atoms with Gasteiger partial charge in [-0.3, -0.25) is 4.72 Å². The van der Waals surface area contributed by atoms with E-state index in [1.54, 1.807) is 0 Å². The molecule has 112 valence electrons. The van der Waals surface area contributed by atoms with Crippen LogP contribution in [-0.4, -0.2) is 26.8 Å². The zero-order valence-electron chi connectivity index (χ0n) is 12.1. The number of para-hydroxylation sites is 1. The summed E-state index contributed by atoms with van der Waals surface area (Å²) in [5.41, 5.74) is 1.79. The normalized spacial score (nSPS) is 19.8. The average Bonchev–Trinajstić information content (AvgIpc) is 2.41. The quantitative estimate of drug-likeness (QED) is 0.848. The smallest absolute Gasteiger partial charge is 0.234 e. The number of hydrogen-bond acceptors (Lipinski definition) is 3. The van der Waals surface area contributed by atoms with Crippen LogP contribution in [0.1, 0.15) is 38.2 Å². The molecule has 5 heteroatoms. The molecule has 2 rings (SSSR count). The molecule has 1 unspecified atom stereocenters. The highest BCUT2D eigenvalue weighted by Crippen LogP contribution is 2.19. The summed E-state index contributed by atoms with van der Waals surface area (Å²) in [5.74, 6) is 0.160. The third-order valence-electron chi connectivity index (χ3n) is 3.64. The van der Waals surface area contributed by atoms with Gasteiger partial charge in [0.25, 0.3) is 0 Å². The Labute approximate surface area is 122 Å². The van der Waals surface area contributed by atoms with Crippen molar-refractivity contribution in [2.24, 2.45) is 0 Å². The Morgan fingerprint density at radius 3 is 2.80 bits per heavy atom. The summed E-state index contributed by atoms with van der Waals surface area (Å²) < 4.78 is 27.3. The fourth-order valence-electron chi connectivity index (χ4n) is 2.65. The van der Waals surface area contributed by atoms with Gasteiger partial charge in [0.1, 0.15) is 0 Å². The van der Waals surface area contributed by atoms with Crippen LogP contribution in [0.25, 0.3) is 0 Å². The molecule has 0 aromatic heterocycles. The van der Waals surface area contributed by atoms with Crippen LogP contribution >= 0.6 is 0 Å². The van der Waals surface area contributed by atoms with Crippen LogP contribution in [0, 0.1) is 0 Å². The van der Waals surface area contributed by atoms with Crippen molar-refractivity contribution in [3.8, 4) is 0 Å². The lowest BCUT2D eigenvalue weighted by Crippen LogP contribution is -2.40. The molecule has 0 saturated carbocycles. The van der Waals surface area contributed by atoms with E-state index >= 15 is 0 Å². The average molecular weight is 296 g/mol. The number of benzene rings is 1. The van der Waals surface area contributed by atoms with Crippen LogP contribution in [0.4, 0.5) is 5.69 Å². The zero-order valence-corrected chi connectivity index (χ0v) is 12.9. The third kappa shape index (κ3) is 4.49. The number of piperidine rings is 1. The zero-order chi connectivity index (χ0) is 14.4. The Balaban J connectivity index is 2.03. The first-order valence-corrected chi connectivity index (χ1v) is 9.08. The molecule has 1 fully saturated rings. The van der Waals surface area contributed by atoms with E-state index in [-0.39, 0.29) is 11.8 Å². The molecule has 1 aliphatic rings. The van der Waals surface area contributed by atoms with Gasteiger partial charge in [0.15, 0.2) is 0 Å². The van der Waals surface area contributed by atoms with E-state index in [4.69, 9.17) is 0 Å². The van der Waals surface area contributed by atoms with Gasteiger partial charge in [0.05, 0.1) is 11.4 Å². The molecule has 0 radical (unpaired) electrons. The molecule has 4 nitrogen and oxygen atoms in total. The van der Waals surface area contributed by atoms with Crippen molar-refractivity contribution in [1.29, 1.82) is 0 Å². The molecule has 0 amide bonds. The fraction of sp³-hybridized carbons (Fsp3) is 0.600. The van der Waals surface area contributed by atoms with Crippen LogP contribution in [0.15, 0.2) is 24.3 Å². The molecule has 1 aliphatic heterocycles. The monoisotopic (exact) mass is 296 g/mol. The molecule has 1 atom stereocenters. The summed E-state index contributed by atoms with van der Waals surface area (Å²) in [6.45, 7) is 3.02. The van der Waals surface area contributed by atoms with E-state index in [1.165, 1.54) is 0 Å². The topological polar surface area (TPSA) is 58.2 Å². The number of nitrogens with one attached hydrogen (secondary N) is 2. The first kappa shape index (κ1) is 15.3. The molecule has 0 aliphatic carbocycles. The van der Waals surface area contributed by atoms with Crippen LogP contribution in [0.5, 0.6) is 0 Å². The van der Waals surface area contributed by atoms with Gasteiger partial charge in [-0.25, -0.2) is 8.42 Å². The van der Waals surface area contributed by atoms with Crippen LogP contribution in [-0.2, 0) is 16.4 Å². The summed E-state index contributed by atoms with van der Waals surface area (Å²) in [5, 5.41) is 3.28. The molecular formula is C15H24N2O2S. The Bertz CT molecular complexity index is 522. The van der Waals surface area contributed by atoms with Crippen LogP contribution in [0.2, 0.25) is 0 Å². The number of rotatable bonds is 6. The molecule has 1 saturated heterocycles. The maximum absolute atomic E-state index is 12.3. The predicted octanol–water partition coefficient (Wildman–Crippen LogP) is 2.52. The fourth-order valence-corrected chi connectivity index (χ4v) is 4.08. The van der Waals surface area contributed by atoms with Crippen molar-refractivity contribution in [2.45, 2.75) is 45.1 Å². The van der Waals surface area contributed by atoms with Crippen LogP contribution < -0.4 is 10.0 Å². The van der Waals surface area contributed by atoms with E-state index < -0.39 is 10.0 Å². The number of aryl methyl sites for hydroxylation is 1. The predicted molar refractivity (Wildman–Crippen MR) is 83.5 cm³/mol. The maximum atomic E-state index is 12.3. The van der Waals surface area contributed by atoms with Gasteiger partial charge >= 0.3 is 0 Å². The minimum absolute atomic E-state index is 0.0830. The van der Waals surface area contributed by atoms with E-state index in [9.17, 15) is 8.42 Å². The van der Waals surface area contributed by atoms with E-state index in [2.05, 4.69) is 17.0 Å². The second kappa shape index (κ2) is 7.09. The van der Waals surface area contributed by atoms with Crippen molar-refractivity contribution < 1.29 is 8.42 Å². The first-order chi connectivity index (χ1) is 9.61. The highest BCUT2D eigenvalue weighted by atomic mass is 32.2. The van der Waals surface area contributed by atoms with Gasteiger partial charge in [0.2, 0.25) is 10.0 Å². The van der Waals surface area contributed by atoms with Gasteiger partial charge in [-0.2, -0.15) is 0 Å². The van der Waals surface area contributed by atoms with Crippen molar-refractivity contribution in [3.05, 3.63) is 29.8 Å². The molecule has 2 N–H and O–H groups in total. The summed E-state index contributed by atoms with van der Waals surface area (Å²) in [6.07, 6.45) is 5.09. The Kier molecular flexibility index (Phi) is 5.43. The Hall–Kier alpha value is -1.07. The molecular weight excluding hydrogens is 272 g/mol. The van der Waals surface area contributed by atoms with Gasteiger partial charge < -0.3 is 5.32 Å². The van der Waals surface area contributed by atoms with Crippen molar-refractivity contribution in [3.63, 3.8) is 0 Å². The van der Waals surface area contributed by atoms with E-state index in [1.807, 2.05) is 24.3 Å². The third-order valence-corrected chi connectivity index (χ3v) is 5.01. The summed E-state index contributed by atoms with van der Waals surface area (Å²) in [6, 6.07) is 7.73. The minimum Gasteiger partial charge on any atom is -0.313 e. The Morgan fingerprint density at radius 2 is 2.10 bits per heavy atom. The number of hydrogen-bond donors (Lipinski definition) is 2. The van der Waals surface area contributed by atoms with E-state index in [0.717, 1.165) is 49.9 Å². The van der Waals surface area contributed by atoms with Gasteiger partial charge in [-0.1, -0.05) is 38.0 Å². The number of sulfonamides is 1. The highest BCUT2D eigenvalue weighted by Gasteiger charge is 2.21. The SMILES string of the molecule is CCCc1ccccc1NS(=O)(=O)CC1CCCCN1. The lowest BCUT2D eigenvalue weighted by atomic mass is 10.1. The maximum Gasteiger partial charge on any atom is 0.234 e.